The van der Waals surface area contributed by atoms with Gasteiger partial charge in [0.15, 0.2) is 0 Å². The SMILES string of the molecule is C[C@@]12CCCCC1CC(O)CC2. The van der Waals surface area contributed by atoms with Gasteiger partial charge in [-0.15, -0.1) is 0 Å². The molecule has 2 unspecified atom stereocenters. The van der Waals surface area contributed by atoms with Gasteiger partial charge in [-0.3, -0.25) is 0 Å². The molecule has 0 bridgehead atoms. The highest BCUT2D eigenvalue weighted by molar-refractivity contribution is 4.91. The Morgan fingerprint density at radius 2 is 2.00 bits per heavy atom. The summed E-state index contributed by atoms with van der Waals surface area (Å²) in [5, 5.41) is 9.56. The third kappa shape index (κ3) is 1.39. The van der Waals surface area contributed by atoms with Crippen LogP contribution in [-0.2, 0) is 0 Å². The molecule has 3 atom stereocenters. The van der Waals surface area contributed by atoms with Crippen molar-refractivity contribution in [1.82, 2.24) is 0 Å². The van der Waals surface area contributed by atoms with Gasteiger partial charge >= 0.3 is 0 Å². The summed E-state index contributed by atoms with van der Waals surface area (Å²) in [5.41, 5.74) is 0.595. The fourth-order valence-corrected chi connectivity index (χ4v) is 3.15. The monoisotopic (exact) mass is 168 g/mol. The van der Waals surface area contributed by atoms with E-state index in [1.165, 1.54) is 32.1 Å². The quantitative estimate of drug-likeness (QED) is 0.589. The van der Waals surface area contributed by atoms with Crippen LogP contribution in [0.4, 0.5) is 0 Å². The van der Waals surface area contributed by atoms with Gasteiger partial charge in [-0.2, -0.15) is 0 Å². The summed E-state index contributed by atoms with van der Waals surface area (Å²) in [6, 6.07) is 0. The first-order chi connectivity index (χ1) is 5.71. The molecule has 2 fully saturated rings. The standard InChI is InChI=1S/C11H20O/c1-11-6-3-2-4-9(11)8-10(12)5-7-11/h9-10,12H,2-8H2,1H3/t9?,10?,11-/m0/s1. The van der Waals surface area contributed by atoms with E-state index in [0.717, 1.165) is 18.8 Å². The molecular weight excluding hydrogens is 148 g/mol. The van der Waals surface area contributed by atoms with Crippen molar-refractivity contribution in [3.63, 3.8) is 0 Å². The molecule has 2 aliphatic carbocycles. The van der Waals surface area contributed by atoms with Gasteiger partial charge in [0.1, 0.15) is 0 Å². The van der Waals surface area contributed by atoms with Crippen molar-refractivity contribution in [2.75, 3.05) is 0 Å². The highest BCUT2D eigenvalue weighted by atomic mass is 16.3. The lowest BCUT2D eigenvalue weighted by atomic mass is 9.60. The molecule has 12 heavy (non-hydrogen) atoms. The maximum Gasteiger partial charge on any atom is 0.0543 e. The van der Waals surface area contributed by atoms with Crippen LogP contribution < -0.4 is 0 Å². The smallest absolute Gasteiger partial charge is 0.0543 e. The van der Waals surface area contributed by atoms with E-state index < -0.39 is 0 Å². The molecule has 2 saturated carbocycles. The Balaban J connectivity index is 2.06. The molecule has 0 aliphatic heterocycles. The molecule has 0 spiro atoms. The summed E-state index contributed by atoms with van der Waals surface area (Å²) < 4.78 is 0. The summed E-state index contributed by atoms with van der Waals surface area (Å²) in [6.07, 6.45) is 9.00. The summed E-state index contributed by atoms with van der Waals surface area (Å²) >= 11 is 0. The van der Waals surface area contributed by atoms with E-state index in [1.54, 1.807) is 0 Å². The lowest BCUT2D eigenvalue weighted by molar-refractivity contribution is -0.00751. The Labute approximate surface area is 75.2 Å². The summed E-state index contributed by atoms with van der Waals surface area (Å²) in [7, 11) is 0. The fourth-order valence-electron chi connectivity index (χ4n) is 3.15. The topological polar surface area (TPSA) is 20.2 Å². The van der Waals surface area contributed by atoms with E-state index in [2.05, 4.69) is 6.92 Å². The average molecular weight is 168 g/mol. The van der Waals surface area contributed by atoms with Crippen molar-refractivity contribution >= 4 is 0 Å². The van der Waals surface area contributed by atoms with Crippen LogP contribution in [0.2, 0.25) is 0 Å². The number of hydrogen-bond donors (Lipinski definition) is 1. The second-order valence-electron chi connectivity index (χ2n) is 5.02. The zero-order valence-corrected chi connectivity index (χ0v) is 8.05. The minimum Gasteiger partial charge on any atom is -0.393 e. The number of hydrogen-bond acceptors (Lipinski definition) is 1. The van der Waals surface area contributed by atoms with E-state index in [0.29, 0.717) is 5.41 Å². The van der Waals surface area contributed by atoms with E-state index in [9.17, 15) is 5.11 Å². The van der Waals surface area contributed by atoms with Crippen LogP contribution in [0, 0.1) is 11.3 Å². The van der Waals surface area contributed by atoms with E-state index in [4.69, 9.17) is 0 Å². The first kappa shape index (κ1) is 8.55. The second-order valence-corrected chi connectivity index (χ2v) is 5.02. The first-order valence-corrected chi connectivity index (χ1v) is 5.39. The van der Waals surface area contributed by atoms with Gasteiger partial charge in [-0.1, -0.05) is 19.8 Å². The van der Waals surface area contributed by atoms with Crippen LogP contribution >= 0.6 is 0 Å². The maximum absolute atomic E-state index is 9.56. The first-order valence-electron chi connectivity index (χ1n) is 5.39. The highest BCUT2D eigenvalue weighted by Gasteiger charge is 2.40. The minimum absolute atomic E-state index is 0.0150. The molecular formula is C11H20O. The molecule has 1 N–H and O–H groups in total. The molecule has 0 amide bonds. The Hall–Kier alpha value is -0.0400. The normalized spacial score (nSPS) is 48.5. The predicted octanol–water partition coefficient (Wildman–Crippen LogP) is 2.73. The van der Waals surface area contributed by atoms with Crippen LogP contribution in [0.1, 0.15) is 51.9 Å². The second kappa shape index (κ2) is 3.02. The van der Waals surface area contributed by atoms with Crippen molar-refractivity contribution < 1.29 is 5.11 Å². The minimum atomic E-state index is 0.0150. The molecule has 0 radical (unpaired) electrons. The molecule has 0 aromatic heterocycles. The molecule has 70 valence electrons. The number of rotatable bonds is 0. The largest absolute Gasteiger partial charge is 0.393 e. The lowest BCUT2D eigenvalue weighted by Gasteiger charge is -2.46. The third-order valence-corrected chi connectivity index (χ3v) is 4.14. The third-order valence-electron chi connectivity index (χ3n) is 4.14. The fraction of sp³-hybridized carbons (Fsp3) is 1.00. The predicted molar refractivity (Wildman–Crippen MR) is 49.9 cm³/mol. The zero-order chi connectivity index (χ0) is 8.60. The van der Waals surface area contributed by atoms with Gasteiger partial charge in [-0.05, 0) is 43.4 Å². The summed E-state index contributed by atoms with van der Waals surface area (Å²) in [4.78, 5) is 0. The molecule has 0 saturated heterocycles. The Kier molecular flexibility index (Phi) is 2.16. The summed E-state index contributed by atoms with van der Waals surface area (Å²) in [5.74, 6) is 0.829. The molecule has 0 aromatic carbocycles. The van der Waals surface area contributed by atoms with Crippen LogP contribution in [-0.4, -0.2) is 11.2 Å². The van der Waals surface area contributed by atoms with Gasteiger partial charge in [0.2, 0.25) is 0 Å². The van der Waals surface area contributed by atoms with Gasteiger partial charge in [0.05, 0.1) is 6.10 Å². The average Bonchev–Trinajstić information content (AvgIpc) is 2.06. The number of aliphatic hydroxyl groups excluding tert-OH is 1. The molecule has 0 heterocycles. The maximum atomic E-state index is 9.56. The van der Waals surface area contributed by atoms with Crippen LogP contribution in [0.5, 0.6) is 0 Å². The molecule has 2 rings (SSSR count). The van der Waals surface area contributed by atoms with Crippen LogP contribution in [0.25, 0.3) is 0 Å². The van der Waals surface area contributed by atoms with Crippen molar-refractivity contribution in [3.05, 3.63) is 0 Å². The Bertz CT molecular complexity index is 166. The molecule has 0 aromatic rings. The van der Waals surface area contributed by atoms with Gasteiger partial charge in [-0.25, -0.2) is 0 Å². The van der Waals surface area contributed by atoms with Crippen molar-refractivity contribution in [2.24, 2.45) is 11.3 Å². The Morgan fingerprint density at radius 3 is 2.83 bits per heavy atom. The number of aliphatic hydroxyl groups is 1. The van der Waals surface area contributed by atoms with Crippen molar-refractivity contribution in [2.45, 2.75) is 58.0 Å². The van der Waals surface area contributed by atoms with Crippen molar-refractivity contribution in [1.29, 1.82) is 0 Å². The van der Waals surface area contributed by atoms with Crippen LogP contribution in [0.15, 0.2) is 0 Å². The molecule has 1 nitrogen and oxygen atoms in total. The highest BCUT2D eigenvalue weighted by Crippen LogP contribution is 2.49. The molecule has 1 heteroatoms. The van der Waals surface area contributed by atoms with Gasteiger partial charge < -0.3 is 5.11 Å². The van der Waals surface area contributed by atoms with E-state index in [1.807, 2.05) is 0 Å². The summed E-state index contributed by atoms with van der Waals surface area (Å²) in [6.45, 7) is 2.43. The Morgan fingerprint density at radius 1 is 1.17 bits per heavy atom. The van der Waals surface area contributed by atoms with Crippen LogP contribution in [0.3, 0.4) is 0 Å². The van der Waals surface area contributed by atoms with Gasteiger partial charge in [0.25, 0.3) is 0 Å². The zero-order valence-electron chi connectivity index (χ0n) is 8.05. The van der Waals surface area contributed by atoms with Crippen molar-refractivity contribution in [3.8, 4) is 0 Å². The van der Waals surface area contributed by atoms with E-state index >= 15 is 0 Å². The molecule has 2 aliphatic rings. The van der Waals surface area contributed by atoms with Gasteiger partial charge in [0, 0.05) is 0 Å². The lowest BCUT2D eigenvalue weighted by Crippen LogP contribution is -2.38. The van der Waals surface area contributed by atoms with E-state index in [-0.39, 0.29) is 6.10 Å². The number of fused-ring (bicyclic) bond motifs is 1.